The van der Waals surface area contributed by atoms with Crippen LogP contribution in [0, 0.1) is 11.8 Å². The molecule has 2 aliphatic rings. The minimum Gasteiger partial charge on any atom is -0.468 e. The molecule has 1 heterocycles. The predicted octanol–water partition coefficient (Wildman–Crippen LogP) is 4.57. The highest BCUT2D eigenvalue weighted by atomic mass is 35.5. The quantitative estimate of drug-likeness (QED) is 0.575. The smallest absolute Gasteiger partial charge is 0.316 e. The number of carbonyl (C=O) groups excluding carboxylic acids is 2. The first kappa shape index (κ1) is 18.6. The van der Waals surface area contributed by atoms with Gasteiger partial charge in [0, 0.05) is 16.3 Å². The van der Waals surface area contributed by atoms with Crippen LogP contribution in [0.5, 0.6) is 0 Å². The first-order chi connectivity index (χ1) is 13.5. The minimum atomic E-state index is -0.802. The zero-order valence-corrected chi connectivity index (χ0v) is 16.4. The Labute approximate surface area is 168 Å². The molecule has 2 aromatic carbocycles. The van der Waals surface area contributed by atoms with E-state index in [4.69, 9.17) is 16.3 Å². The number of rotatable bonds is 2. The van der Waals surface area contributed by atoms with Crippen molar-refractivity contribution in [3.8, 4) is 0 Å². The highest BCUT2D eigenvalue weighted by Gasteiger charge is 2.44. The number of halogens is 1. The summed E-state index contributed by atoms with van der Waals surface area (Å²) in [6.45, 7) is 1.91. The second-order valence-corrected chi connectivity index (χ2v) is 7.67. The number of hydrogen-bond donors (Lipinski definition) is 2. The lowest BCUT2D eigenvalue weighted by Gasteiger charge is -2.32. The summed E-state index contributed by atoms with van der Waals surface area (Å²) < 4.78 is 4.92. The summed E-state index contributed by atoms with van der Waals surface area (Å²) in [7, 11) is 1.32. The first-order valence-corrected chi connectivity index (χ1v) is 9.60. The third-order valence-corrected chi connectivity index (χ3v) is 5.68. The van der Waals surface area contributed by atoms with E-state index in [2.05, 4.69) is 10.6 Å². The molecule has 0 spiro atoms. The molecule has 0 fully saturated rings. The normalized spacial score (nSPS) is 23.7. The molecule has 0 unspecified atom stereocenters. The molecular weight excluding hydrogens is 376 g/mol. The minimum absolute atomic E-state index is 0.151. The van der Waals surface area contributed by atoms with Gasteiger partial charge in [-0.1, -0.05) is 42.8 Å². The second kappa shape index (κ2) is 7.32. The van der Waals surface area contributed by atoms with Gasteiger partial charge in [-0.25, -0.2) is 0 Å². The SMILES string of the molecule is COC(=O)[C@H]1C(=O)C2=C(C[C@@H]1C)Nc1ccccc1N[C@H]2c1ccc(Cl)cc1. The number of Topliss-reactive ketones (excluding diaryl/α,β-unsaturated/α-hetero) is 1. The number of allylic oxidation sites excluding steroid dienone is 1. The van der Waals surface area contributed by atoms with Crippen LogP contribution in [0.25, 0.3) is 0 Å². The van der Waals surface area contributed by atoms with Crippen LogP contribution in [-0.2, 0) is 14.3 Å². The molecule has 2 N–H and O–H groups in total. The van der Waals surface area contributed by atoms with E-state index in [9.17, 15) is 9.59 Å². The molecular formula is C22H21ClN2O3. The van der Waals surface area contributed by atoms with Crippen LogP contribution in [0.1, 0.15) is 24.9 Å². The molecule has 1 aliphatic carbocycles. The number of methoxy groups -OCH3 is 1. The van der Waals surface area contributed by atoms with Crippen molar-refractivity contribution in [1.29, 1.82) is 0 Å². The third-order valence-electron chi connectivity index (χ3n) is 5.43. The van der Waals surface area contributed by atoms with Gasteiger partial charge in [0.15, 0.2) is 5.78 Å². The van der Waals surface area contributed by atoms with E-state index in [1.807, 2.05) is 43.3 Å². The van der Waals surface area contributed by atoms with Crippen molar-refractivity contribution in [2.24, 2.45) is 11.8 Å². The molecule has 3 atom stereocenters. The van der Waals surface area contributed by atoms with Gasteiger partial charge < -0.3 is 15.4 Å². The van der Waals surface area contributed by atoms with E-state index in [0.717, 1.165) is 22.6 Å². The summed E-state index contributed by atoms with van der Waals surface area (Å²) in [5.74, 6) is -1.64. The molecule has 0 bridgehead atoms. The number of benzene rings is 2. The van der Waals surface area contributed by atoms with Gasteiger partial charge >= 0.3 is 5.97 Å². The summed E-state index contributed by atoms with van der Waals surface area (Å²) in [6.07, 6.45) is 0.584. The number of fused-ring (bicyclic) bond motifs is 1. The lowest BCUT2D eigenvalue weighted by atomic mass is 9.75. The van der Waals surface area contributed by atoms with Gasteiger partial charge in [-0.15, -0.1) is 0 Å². The lowest BCUT2D eigenvalue weighted by molar-refractivity contribution is -0.151. The summed E-state index contributed by atoms with van der Waals surface area (Å²) in [6, 6.07) is 14.8. The van der Waals surface area contributed by atoms with Crippen molar-refractivity contribution < 1.29 is 14.3 Å². The fourth-order valence-electron chi connectivity index (χ4n) is 4.04. The molecule has 0 amide bonds. The maximum Gasteiger partial charge on any atom is 0.316 e. The summed E-state index contributed by atoms with van der Waals surface area (Å²) in [4.78, 5) is 25.8. The third kappa shape index (κ3) is 3.16. The summed E-state index contributed by atoms with van der Waals surface area (Å²) in [5, 5.41) is 7.54. The van der Waals surface area contributed by atoms with E-state index in [1.54, 1.807) is 12.1 Å². The van der Waals surface area contributed by atoms with Crippen molar-refractivity contribution in [2.45, 2.75) is 19.4 Å². The van der Waals surface area contributed by atoms with Gasteiger partial charge in [0.1, 0.15) is 5.92 Å². The highest BCUT2D eigenvalue weighted by Crippen LogP contribution is 2.43. The van der Waals surface area contributed by atoms with E-state index in [1.165, 1.54) is 7.11 Å². The Morgan fingerprint density at radius 1 is 1.11 bits per heavy atom. The zero-order valence-electron chi connectivity index (χ0n) is 15.7. The molecule has 28 heavy (non-hydrogen) atoms. The van der Waals surface area contributed by atoms with Gasteiger partial charge in [-0.2, -0.15) is 0 Å². The number of nitrogens with one attached hydrogen (secondary N) is 2. The van der Waals surface area contributed by atoms with Crippen LogP contribution in [0.3, 0.4) is 0 Å². The maximum absolute atomic E-state index is 13.5. The molecule has 0 aromatic heterocycles. The molecule has 0 saturated carbocycles. The van der Waals surface area contributed by atoms with Crippen LogP contribution in [0.15, 0.2) is 59.8 Å². The Morgan fingerprint density at radius 2 is 1.79 bits per heavy atom. The van der Waals surface area contributed by atoms with Crippen molar-refractivity contribution in [1.82, 2.24) is 0 Å². The highest BCUT2D eigenvalue weighted by molar-refractivity contribution is 6.30. The molecule has 6 heteroatoms. The summed E-state index contributed by atoms with van der Waals surface area (Å²) in [5.41, 5.74) is 4.12. The van der Waals surface area contributed by atoms with Gasteiger partial charge in [-0.05, 0) is 42.2 Å². The number of carbonyl (C=O) groups is 2. The molecule has 0 saturated heterocycles. The number of ether oxygens (including phenoxy) is 1. The van der Waals surface area contributed by atoms with Gasteiger partial charge in [0.2, 0.25) is 0 Å². The Bertz CT molecular complexity index is 968. The topological polar surface area (TPSA) is 67.4 Å². The number of esters is 1. The molecule has 2 aromatic rings. The Morgan fingerprint density at radius 3 is 2.46 bits per heavy atom. The average molecular weight is 397 g/mol. The van der Waals surface area contributed by atoms with Crippen LogP contribution in [0.2, 0.25) is 5.02 Å². The van der Waals surface area contributed by atoms with Crippen molar-refractivity contribution in [3.05, 3.63) is 70.4 Å². The van der Waals surface area contributed by atoms with Crippen molar-refractivity contribution in [2.75, 3.05) is 17.7 Å². The van der Waals surface area contributed by atoms with Crippen LogP contribution < -0.4 is 10.6 Å². The average Bonchev–Trinajstić information content (AvgIpc) is 2.85. The molecule has 144 valence electrons. The fourth-order valence-corrected chi connectivity index (χ4v) is 4.17. The van der Waals surface area contributed by atoms with Crippen LogP contribution in [-0.4, -0.2) is 18.9 Å². The van der Waals surface area contributed by atoms with Crippen LogP contribution in [0.4, 0.5) is 11.4 Å². The molecule has 4 rings (SSSR count). The molecule has 0 radical (unpaired) electrons. The van der Waals surface area contributed by atoms with Crippen LogP contribution >= 0.6 is 11.6 Å². The molecule has 5 nitrogen and oxygen atoms in total. The maximum atomic E-state index is 13.5. The van der Waals surface area contributed by atoms with E-state index in [0.29, 0.717) is 17.0 Å². The van der Waals surface area contributed by atoms with Gasteiger partial charge in [0.25, 0.3) is 0 Å². The van der Waals surface area contributed by atoms with E-state index in [-0.39, 0.29) is 11.7 Å². The lowest BCUT2D eigenvalue weighted by Crippen LogP contribution is -2.39. The zero-order chi connectivity index (χ0) is 19.8. The van der Waals surface area contributed by atoms with Crippen molar-refractivity contribution >= 4 is 34.7 Å². The second-order valence-electron chi connectivity index (χ2n) is 7.24. The predicted molar refractivity (Wildman–Crippen MR) is 109 cm³/mol. The largest absolute Gasteiger partial charge is 0.468 e. The fraction of sp³-hybridized carbons (Fsp3) is 0.273. The van der Waals surface area contributed by atoms with Gasteiger partial charge in [0.05, 0.1) is 24.5 Å². The number of anilines is 2. The standard InChI is InChI=1S/C22H21ClN2O3/c1-12-11-17-19(21(26)18(12)22(27)28-2)20(13-7-9-14(23)10-8-13)25-16-6-4-3-5-15(16)24-17/h3-10,12,18,20,24-25H,11H2,1-2H3/t12-,18+,20-/m0/s1. The van der Waals surface area contributed by atoms with Crippen molar-refractivity contribution in [3.63, 3.8) is 0 Å². The van der Waals surface area contributed by atoms with E-state index >= 15 is 0 Å². The van der Waals surface area contributed by atoms with Gasteiger partial charge in [-0.3, -0.25) is 9.59 Å². The Balaban J connectivity index is 1.87. The number of para-hydroxylation sites is 2. The monoisotopic (exact) mass is 396 g/mol. The first-order valence-electron chi connectivity index (χ1n) is 9.22. The Kier molecular flexibility index (Phi) is 4.85. The number of ketones is 1. The Hall–Kier alpha value is -2.79. The van der Waals surface area contributed by atoms with E-state index < -0.39 is 17.9 Å². The summed E-state index contributed by atoms with van der Waals surface area (Å²) >= 11 is 6.06. The molecule has 1 aliphatic heterocycles. The number of hydrogen-bond acceptors (Lipinski definition) is 5.